The van der Waals surface area contributed by atoms with Gasteiger partial charge in [0.1, 0.15) is 6.04 Å². The van der Waals surface area contributed by atoms with E-state index >= 15 is 0 Å². The van der Waals surface area contributed by atoms with Crippen LogP contribution in [0.3, 0.4) is 0 Å². The first kappa shape index (κ1) is 29.2. The molecule has 0 saturated carbocycles. The number of carboxylic acid groups (broad SMARTS) is 1. The third kappa shape index (κ3) is 7.24. The highest BCUT2D eigenvalue weighted by Gasteiger charge is 2.27. The summed E-state index contributed by atoms with van der Waals surface area (Å²) in [6, 6.07) is 15.0. The van der Waals surface area contributed by atoms with Crippen molar-refractivity contribution in [3.63, 3.8) is 0 Å². The van der Waals surface area contributed by atoms with Crippen molar-refractivity contribution in [1.29, 1.82) is 0 Å². The number of carbonyl (C=O) groups is 4. The van der Waals surface area contributed by atoms with E-state index in [2.05, 4.69) is 21.3 Å². The fraction of sp³-hybridized carbons (Fsp3) is 0.214. The van der Waals surface area contributed by atoms with Gasteiger partial charge in [-0.1, -0.05) is 71.2 Å². The fourth-order valence-corrected chi connectivity index (χ4v) is 5.13. The molecule has 3 aromatic carbocycles. The molecular formula is C28H25Cl3N4O5. The van der Waals surface area contributed by atoms with Crippen molar-refractivity contribution < 1.29 is 24.3 Å². The third-order valence-electron chi connectivity index (χ3n) is 6.41. The van der Waals surface area contributed by atoms with Gasteiger partial charge in [-0.2, -0.15) is 0 Å². The average Bonchev–Trinajstić information content (AvgIpc) is 3.32. The predicted octanol–water partition coefficient (Wildman–Crippen LogP) is 4.75. The van der Waals surface area contributed by atoms with Crippen molar-refractivity contribution in [2.75, 3.05) is 6.54 Å². The van der Waals surface area contributed by atoms with Crippen molar-refractivity contribution in [3.05, 3.63) is 104 Å². The summed E-state index contributed by atoms with van der Waals surface area (Å²) in [6.07, 6.45) is 1.57. The Balaban J connectivity index is 1.34. The van der Waals surface area contributed by atoms with Crippen molar-refractivity contribution in [2.45, 2.75) is 31.5 Å². The molecule has 1 aliphatic carbocycles. The first-order valence-electron chi connectivity index (χ1n) is 12.3. The molecule has 4 amide bonds. The number of fused-ring (bicyclic) bond motifs is 1. The minimum absolute atomic E-state index is 0.113. The Labute approximate surface area is 245 Å². The second-order valence-corrected chi connectivity index (χ2v) is 10.4. The zero-order valence-electron chi connectivity index (χ0n) is 21.0. The molecule has 12 heteroatoms. The Hall–Kier alpha value is -3.79. The standard InChI is InChI=1S/C28H25Cl3N4O5/c29-18-8-5-15(6-9-18)13-32-25(36)17-11-20(30)24(21(31)12-17)26(37)34-23(27(38)39)14-33-28(40)35-22-10-7-16-3-1-2-4-19(16)22/h1-6,8-9,11-12,22-23H,7,10,13-14H2,(H,32,36)(H,34,37)(H,38,39)(H2,33,35,40)/t22-,23+/m1/s1. The van der Waals surface area contributed by atoms with Crippen LogP contribution in [0, 0.1) is 0 Å². The number of carbonyl (C=O) groups excluding carboxylic acids is 3. The number of amides is 4. The maximum Gasteiger partial charge on any atom is 0.328 e. The summed E-state index contributed by atoms with van der Waals surface area (Å²) in [6.45, 7) is -0.163. The smallest absolute Gasteiger partial charge is 0.328 e. The summed E-state index contributed by atoms with van der Waals surface area (Å²) in [5, 5.41) is 20.3. The van der Waals surface area contributed by atoms with Gasteiger partial charge in [-0.25, -0.2) is 9.59 Å². The van der Waals surface area contributed by atoms with Gasteiger partial charge in [0.25, 0.3) is 11.8 Å². The van der Waals surface area contributed by atoms with E-state index < -0.39 is 29.9 Å². The molecule has 0 heterocycles. The van der Waals surface area contributed by atoms with E-state index in [-0.39, 0.29) is 40.3 Å². The van der Waals surface area contributed by atoms with E-state index in [1.54, 1.807) is 24.3 Å². The summed E-state index contributed by atoms with van der Waals surface area (Å²) < 4.78 is 0. The van der Waals surface area contributed by atoms with Gasteiger partial charge in [-0.05, 0) is 53.8 Å². The number of aryl methyl sites for hydroxylation is 1. The van der Waals surface area contributed by atoms with E-state index in [1.807, 2.05) is 24.3 Å². The lowest BCUT2D eigenvalue weighted by Gasteiger charge is -2.19. The molecule has 4 rings (SSSR count). The molecule has 0 fully saturated rings. The average molecular weight is 604 g/mol. The van der Waals surface area contributed by atoms with Gasteiger partial charge in [-0.15, -0.1) is 0 Å². The van der Waals surface area contributed by atoms with Crippen LogP contribution in [0.25, 0.3) is 0 Å². The fourth-order valence-electron chi connectivity index (χ4n) is 4.35. The first-order chi connectivity index (χ1) is 19.1. The lowest BCUT2D eigenvalue weighted by molar-refractivity contribution is -0.139. The van der Waals surface area contributed by atoms with Gasteiger partial charge in [0.15, 0.2) is 0 Å². The molecule has 0 bridgehead atoms. The second kappa shape index (κ2) is 13.0. The second-order valence-electron chi connectivity index (χ2n) is 9.13. The highest BCUT2D eigenvalue weighted by Crippen LogP contribution is 2.30. The molecule has 208 valence electrons. The topological polar surface area (TPSA) is 137 Å². The van der Waals surface area contributed by atoms with Crippen LogP contribution in [-0.4, -0.2) is 41.5 Å². The Morgan fingerprint density at radius 1 is 0.900 bits per heavy atom. The van der Waals surface area contributed by atoms with Gasteiger partial charge >= 0.3 is 12.0 Å². The van der Waals surface area contributed by atoms with Gasteiger partial charge < -0.3 is 26.4 Å². The lowest BCUT2D eigenvalue weighted by atomic mass is 10.1. The summed E-state index contributed by atoms with van der Waals surface area (Å²) in [5.41, 5.74) is 2.91. The molecule has 3 aromatic rings. The molecule has 0 aromatic heterocycles. The Morgan fingerprint density at radius 2 is 1.57 bits per heavy atom. The number of halogens is 3. The maximum absolute atomic E-state index is 12.9. The minimum atomic E-state index is -1.47. The van der Waals surface area contributed by atoms with E-state index in [0.29, 0.717) is 5.02 Å². The Kier molecular flexibility index (Phi) is 9.52. The lowest BCUT2D eigenvalue weighted by Crippen LogP contribution is -2.50. The molecule has 0 saturated heterocycles. The van der Waals surface area contributed by atoms with Crippen LogP contribution in [0.15, 0.2) is 60.7 Å². The number of benzene rings is 3. The van der Waals surface area contributed by atoms with Gasteiger partial charge in [0.2, 0.25) is 0 Å². The van der Waals surface area contributed by atoms with Crippen LogP contribution in [0.1, 0.15) is 49.9 Å². The van der Waals surface area contributed by atoms with Gasteiger partial charge in [-0.3, -0.25) is 9.59 Å². The number of hydrogen-bond donors (Lipinski definition) is 5. The number of carboxylic acids is 1. The SMILES string of the molecule is O=C(NC[C@H](NC(=O)c1c(Cl)cc(C(=O)NCc2ccc(Cl)cc2)cc1Cl)C(=O)O)N[C@@H]1CCc2ccccc21. The summed E-state index contributed by atoms with van der Waals surface area (Å²) in [7, 11) is 0. The van der Waals surface area contributed by atoms with Gasteiger partial charge in [0.05, 0.1) is 28.2 Å². The van der Waals surface area contributed by atoms with E-state index in [4.69, 9.17) is 34.8 Å². The van der Waals surface area contributed by atoms with Crippen LogP contribution in [0.2, 0.25) is 15.1 Å². The summed E-state index contributed by atoms with van der Waals surface area (Å²) >= 11 is 18.4. The van der Waals surface area contributed by atoms with Crippen molar-refractivity contribution in [2.24, 2.45) is 0 Å². The highest BCUT2D eigenvalue weighted by molar-refractivity contribution is 6.40. The number of rotatable bonds is 9. The number of urea groups is 1. The Bertz CT molecular complexity index is 1430. The molecule has 0 spiro atoms. The Morgan fingerprint density at radius 3 is 2.25 bits per heavy atom. The maximum atomic E-state index is 12.9. The van der Waals surface area contributed by atoms with E-state index in [9.17, 15) is 24.3 Å². The quantitative estimate of drug-likeness (QED) is 0.241. The number of aliphatic carboxylic acids is 1. The summed E-state index contributed by atoms with van der Waals surface area (Å²) in [4.78, 5) is 49.7. The van der Waals surface area contributed by atoms with Crippen LogP contribution in [0.5, 0.6) is 0 Å². The monoisotopic (exact) mass is 602 g/mol. The number of hydrogen-bond acceptors (Lipinski definition) is 4. The summed E-state index contributed by atoms with van der Waals surface area (Å²) in [5.74, 6) is -2.72. The highest BCUT2D eigenvalue weighted by atomic mass is 35.5. The van der Waals surface area contributed by atoms with Crippen LogP contribution < -0.4 is 21.3 Å². The molecule has 40 heavy (non-hydrogen) atoms. The predicted molar refractivity (Wildman–Crippen MR) is 152 cm³/mol. The molecule has 2 atom stereocenters. The van der Waals surface area contributed by atoms with Crippen LogP contribution >= 0.6 is 34.8 Å². The largest absolute Gasteiger partial charge is 0.480 e. The molecular weight excluding hydrogens is 579 g/mol. The van der Waals surface area contributed by atoms with Gasteiger partial charge in [0, 0.05) is 17.1 Å². The molecule has 5 N–H and O–H groups in total. The molecule has 9 nitrogen and oxygen atoms in total. The van der Waals surface area contributed by atoms with E-state index in [0.717, 1.165) is 29.5 Å². The molecule has 0 radical (unpaired) electrons. The first-order valence-corrected chi connectivity index (χ1v) is 13.4. The zero-order chi connectivity index (χ0) is 28.8. The van der Waals surface area contributed by atoms with Crippen molar-refractivity contribution in [1.82, 2.24) is 21.3 Å². The van der Waals surface area contributed by atoms with Crippen molar-refractivity contribution >= 4 is 58.6 Å². The number of nitrogens with one attached hydrogen (secondary N) is 4. The van der Waals surface area contributed by atoms with Crippen LogP contribution in [-0.2, 0) is 17.8 Å². The third-order valence-corrected chi connectivity index (χ3v) is 7.25. The van der Waals surface area contributed by atoms with Crippen LogP contribution in [0.4, 0.5) is 4.79 Å². The molecule has 0 unspecified atom stereocenters. The van der Waals surface area contributed by atoms with Crippen molar-refractivity contribution in [3.8, 4) is 0 Å². The molecule has 0 aliphatic heterocycles. The normalized spacial score (nSPS) is 14.5. The van der Waals surface area contributed by atoms with E-state index in [1.165, 1.54) is 12.1 Å². The molecule has 1 aliphatic rings. The minimum Gasteiger partial charge on any atom is -0.480 e. The zero-order valence-corrected chi connectivity index (χ0v) is 23.2.